The number of aliphatic hydroxyl groups is 1. The lowest BCUT2D eigenvalue weighted by Gasteiger charge is -2.13. The van der Waals surface area contributed by atoms with Crippen LogP contribution in [0.4, 0.5) is 0 Å². The predicted octanol–water partition coefficient (Wildman–Crippen LogP) is 3.63. The monoisotopic (exact) mass is 261 g/mol. The van der Waals surface area contributed by atoms with Crippen molar-refractivity contribution in [3.05, 3.63) is 63.9 Å². The van der Waals surface area contributed by atoms with E-state index in [0.717, 1.165) is 22.4 Å². The minimum atomic E-state index is -0.573. The molecule has 3 heteroatoms. The average molecular weight is 262 g/mol. The summed E-state index contributed by atoms with van der Waals surface area (Å²) in [5.41, 5.74) is 3.90. The third-order valence-corrected chi connectivity index (χ3v) is 3.17. The van der Waals surface area contributed by atoms with E-state index in [1.165, 1.54) is 0 Å². The Hall–Kier alpha value is -1.38. The molecule has 0 saturated heterocycles. The first-order valence-electron chi connectivity index (χ1n) is 5.92. The van der Waals surface area contributed by atoms with Crippen LogP contribution in [0.2, 0.25) is 5.02 Å². The smallest absolute Gasteiger partial charge is 0.0846 e. The lowest BCUT2D eigenvalue weighted by molar-refractivity contribution is 0.177. The van der Waals surface area contributed by atoms with Crippen molar-refractivity contribution in [2.24, 2.45) is 0 Å². The number of hydrogen-bond acceptors (Lipinski definition) is 2. The quantitative estimate of drug-likeness (QED) is 0.915. The Bertz CT molecular complexity index is 534. The van der Waals surface area contributed by atoms with Crippen molar-refractivity contribution >= 4 is 11.6 Å². The third kappa shape index (κ3) is 3.09. The molecule has 1 heterocycles. The maximum Gasteiger partial charge on any atom is 0.0846 e. The largest absolute Gasteiger partial charge is 0.388 e. The van der Waals surface area contributed by atoms with Gasteiger partial charge in [-0.25, -0.2) is 0 Å². The molecule has 0 aliphatic rings. The first-order valence-corrected chi connectivity index (χ1v) is 6.29. The molecule has 1 atom stereocenters. The molecule has 1 unspecified atom stereocenters. The number of benzene rings is 1. The first-order chi connectivity index (χ1) is 8.56. The SMILES string of the molecule is Cc1cc(Cl)cc(C(O)Cc2ncccc2C)c1. The highest BCUT2D eigenvalue weighted by Gasteiger charge is 2.12. The third-order valence-electron chi connectivity index (χ3n) is 2.95. The van der Waals surface area contributed by atoms with Crippen molar-refractivity contribution in [1.82, 2.24) is 4.98 Å². The summed E-state index contributed by atoms with van der Waals surface area (Å²) in [5.74, 6) is 0. The van der Waals surface area contributed by atoms with Gasteiger partial charge in [0, 0.05) is 23.3 Å². The number of aryl methyl sites for hydroxylation is 2. The summed E-state index contributed by atoms with van der Waals surface area (Å²) in [6.45, 7) is 3.96. The number of aromatic nitrogens is 1. The van der Waals surface area contributed by atoms with Crippen molar-refractivity contribution in [2.45, 2.75) is 26.4 Å². The van der Waals surface area contributed by atoms with Gasteiger partial charge in [0.15, 0.2) is 0 Å². The first kappa shape index (κ1) is 13.1. The molecule has 0 aliphatic carbocycles. The van der Waals surface area contributed by atoms with E-state index in [0.29, 0.717) is 11.4 Å². The van der Waals surface area contributed by atoms with E-state index >= 15 is 0 Å². The molecular formula is C15H16ClNO. The van der Waals surface area contributed by atoms with E-state index in [1.54, 1.807) is 12.3 Å². The molecule has 0 amide bonds. The second kappa shape index (κ2) is 5.51. The number of nitrogens with zero attached hydrogens (tertiary/aromatic N) is 1. The lowest BCUT2D eigenvalue weighted by atomic mass is 10.0. The van der Waals surface area contributed by atoms with E-state index in [4.69, 9.17) is 11.6 Å². The van der Waals surface area contributed by atoms with Crippen LogP contribution in [-0.4, -0.2) is 10.1 Å². The molecule has 18 heavy (non-hydrogen) atoms. The molecule has 1 aromatic carbocycles. The van der Waals surface area contributed by atoms with Crippen molar-refractivity contribution < 1.29 is 5.11 Å². The maximum atomic E-state index is 10.2. The summed E-state index contributed by atoms with van der Waals surface area (Å²) < 4.78 is 0. The number of rotatable bonds is 3. The number of aliphatic hydroxyl groups excluding tert-OH is 1. The fourth-order valence-electron chi connectivity index (χ4n) is 1.99. The second-order valence-corrected chi connectivity index (χ2v) is 4.99. The van der Waals surface area contributed by atoms with Crippen LogP contribution in [-0.2, 0) is 6.42 Å². The second-order valence-electron chi connectivity index (χ2n) is 4.55. The van der Waals surface area contributed by atoms with Gasteiger partial charge in [-0.1, -0.05) is 23.7 Å². The minimum Gasteiger partial charge on any atom is -0.388 e. The molecule has 2 nitrogen and oxygen atoms in total. The van der Waals surface area contributed by atoms with Gasteiger partial charge < -0.3 is 5.11 Å². The van der Waals surface area contributed by atoms with Crippen molar-refractivity contribution in [2.75, 3.05) is 0 Å². The summed E-state index contributed by atoms with van der Waals surface area (Å²) in [4.78, 5) is 4.30. The molecule has 1 aromatic heterocycles. The van der Waals surface area contributed by atoms with Gasteiger partial charge in [0.25, 0.3) is 0 Å². The van der Waals surface area contributed by atoms with Crippen molar-refractivity contribution in [3.63, 3.8) is 0 Å². The Morgan fingerprint density at radius 2 is 2.06 bits per heavy atom. The van der Waals surface area contributed by atoms with Gasteiger partial charge in [0.1, 0.15) is 0 Å². The van der Waals surface area contributed by atoms with Crippen LogP contribution in [0.15, 0.2) is 36.5 Å². The molecule has 0 bridgehead atoms. The molecular weight excluding hydrogens is 246 g/mol. The molecule has 2 aromatic rings. The van der Waals surface area contributed by atoms with E-state index in [1.807, 2.05) is 38.1 Å². The summed E-state index contributed by atoms with van der Waals surface area (Å²) >= 11 is 6.00. The Morgan fingerprint density at radius 1 is 1.28 bits per heavy atom. The molecule has 2 rings (SSSR count). The van der Waals surface area contributed by atoms with E-state index < -0.39 is 6.10 Å². The maximum absolute atomic E-state index is 10.2. The average Bonchev–Trinajstić information content (AvgIpc) is 2.31. The number of pyridine rings is 1. The van der Waals surface area contributed by atoms with Gasteiger partial charge in [0.2, 0.25) is 0 Å². The van der Waals surface area contributed by atoms with Crippen LogP contribution in [0.5, 0.6) is 0 Å². The lowest BCUT2D eigenvalue weighted by Crippen LogP contribution is -2.05. The van der Waals surface area contributed by atoms with Gasteiger partial charge in [-0.2, -0.15) is 0 Å². The van der Waals surface area contributed by atoms with Crippen molar-refractivity contribution in [1.29, 1.82) is 0 Å². The minimum absolute atomic E-state index is 0.506. The van der Waals surface area contributed by atoms with Gasteiger partial charge >= 0.3 is 0 Å². The standard InChI is InChI=1S/C15H16ClNO/c1-10-6-12(8-13(16)7-10)15(18)9-14-11(2)4-3-5-17-14/h3-8,15,18H,9H2,1-2H3. The Morgan fingerprint density at radius 3 is 2.72 bits per heavy atom. The van der Waals surface area contributed by atoms with Crippen LogP contribution >= 0.6 is 11.6 Å². The predicted molar refractivity (Wildman–Crippen MR) is 73.8 cm³/mol. The van der Waals surface area contributed by atoms with Crippen LogP contribution in [0.1, 0.15) is 28.5 Å². The Balaban J connectivity index is 2.22. The summed E-state index contributed by atoms with van der Waals surface area (Å²) in [7, 11) is 0. The molecule has 0 radical (unpaired) electrons. The van der Waals surface area contributed by atoms with Crippen molar-refractivity contribution in [3.8, 4) is 0 Å². The molecule has 0 fully saturated rings. The van der Waals surface area contributed by atoms with E-state index in [9.17, 15) is 5.11 Å². The van der Waals surface area contributed by atoms with E-state index in [-0.39, 0.29) is 0 Å². The highest BCUT2D eigenvalue weighted by atomic mass is 35.5. The van der Waals surface area contributed by atoms with Gasteiger partial charge in [-0.05, 0) is 48.7 Å². The highest BCUT2D eigenvalue weighted by Crippen LogP contribution is 2.23. The van der Waals surface area contributed by atoms with Gasteiger partial charge in [0.05, 0.1) is 6.10 Å². The van der Waals surface area contributed by atoms with Gasteiger partial charge in [-0.15, -0.1) is 0 Å². The molecule has 94 valence electrons. The van der Waals surface area contributed by atoms with Crippen LogP contribution in [0.25, 0.3) is 0 Å². The zero-order valence-corrected chi connectivity index (χ0v) is 11.3. The summed E-state index contributed by atoms with van der Waals surface area (Å²) in [5, 5.41) is 10.9. The van der Waals surface area contributed by atoms with Gasteiger partial charge in [-0.3, -0.25) is 4.98 Å². The number of hydrogen-bond donors (Lipinski definition) is 1. The Kier molecular flexibility index (Phi) is 4.00. The highest BCUT2D eigenvalue weighted by molar-refractivity contribution is 6.30. The van der Waals surface area contributed by atoms with Crippen LogP contribution in [0, 0.1) is 13.8 Å². The van der Waals surface area contributed by atoms with Crippen LogP contribution < -0.4 is 0 Å². The fraction of sp³-hybridized carbons (Fsp3) is 0.267. The summed E-state index contributed by atoms with van der Waals surface area (Å²) in [6.07, 6.45) is 1.68. The zero-order valence-electron chi connectivity index (χ0n) is 10.5. The molecule has 0 aliphatic heterocycles. The van der Waals surface area contributed by atoms with E-state index in [2.05, 4.69) is 4.98 Å². The molecule has 0 saturated carbocycles. The summed E-state index contributed by atoms with van der Waals surface area (Å²) in [6, 6.07) is 9.53. The topological polar surface area (TPSA) is 33.1 Å². The zero-order chi connectivity index (χ0) is 13.1. The Labute approximate surface area is 112 Å². The molecule has 0 spiro atoms. The normalized spacial score (nSPS) is 12.4. The van der Waals surface area contributed by atoms with Crippen LogP contribution in [0.3, 0.4) is 0 Å². The molecule has 1 N–H and O–H groups in total. The fourth-order valence-corrected chi connectivity index (χ4v) is 2.29. The number of halogens is 1.